The lowest BCUT2D eigenvalue weighted by Crippen LogP contribution is -2.54. The molecule has 2 rings (SSSR count). The number of rotatable bonds is 4. The molecule has 0 bridgehead atoms. The van der Waals surface area contributed by atoms with Gasteiger partial charge >= 0.3 is 0 Å². The van der Waals surface area contributed by atoms with E-state index in [9.17, 15) is 4.79 Å². The summed E-state index contributed by atoms with van der Waals surface area (Å²) in [5.74, 6) is -0.244. The maximum atomic E-state index is 12.1. The number of hydrogen-bond acceptors (Lipinski definition) is 3. The Hall–Kier alpha value is -1.38. The highest BCUT2D eigenvalue weighted by molar-refractivity contribution is 9.10. The van der Waals surface area contributed by atoms with Crippen molar-refractivity contribution in [3.63, 3.8) is 0 Å². The van der Waals surface area contributed by atoms with Crippen LogP contribution in [-0.2, 0) is 14.9 Å². The van der Waals surface area contributed by atoms with E-state index in [1.54, 1.807) is 0 Å². The fourth-order valence-electron chi connectivity index (χ4n) is 2.13. The summed E-state index contributed by atoms with van der Waals surface area (Å²) in [7, 11) is 0. The van der Waals surface area contributed by atoms with Crippen molar-refractivity contribution in [1.82, 2.24) is 5.32 Å². The lowest BCUT2D eigenvalue weighted by molar-refractivity contribution is -0.150. The van der Waals surface area contributed by atoms with E-state index < -0.39 is 5.41 Å². The van der Waals surface area contributed by atoms with E-state index in [4.69, 9.17) is 10.00 Å². The minimum Gasteiger partial charge on any atom is -0.377 e. The van der Waals surface area contributed by atoms with Gasteiger partial charge in [0.1, 0.15) is 0 Å². The average Bonchev–Trinajstić information content (AvgIpc) is 2.36. The van der Waals surface area contributed by atoms with E-state index >= 15 is 0 Å². The molecule has 0 atom stereocenters. The topological polar surface area (TPSA) is 62.1 Å². The van der Waals surface area contributed by atoms with E-state index in [-0.39, 0.29) is 24.5 Å². The van der Waals surface area contributed by atoms with Gasteiger partial charge in [0.25, 0.3) is 0 Å². The molecule has 0 radical (unpaired) electrons. The molecule has 1 heterocycles. The molecule has 4 nitrogen and oxygen atoms in total. The van der Waals surface area contributed by atoms with Gasteiger partial charge in [-0.25, -0.2) is 0 Å². The highest BCUT2D eigenvalue weighted by Crippen LogP contribution is 2.31. The van der Waals surface area contributed by atoms with Crippen molar-refractivity contribution >= 4 is 21.8 Å². The van der Waals surface area contributed by atoms with Crippen LogP contribution in [0.4, 0.5) is 0 Å². The van der Waals surface area contributed by atoms with E-state index in [1.807, 2.05) is 24.3 Å². The lowest BCUT2D eigenvalue weighted by atomic mass is 9.83. The van der Waals surface area contributed by atoms with Crippen LogP contribution < -0.4 is 5.32 Å². The summed E-state index contributed by atoms with van der Waals surface area (Å²) in [4.78, 5) is 12.1. The van der Waals surface area contributed by atoms with Crippen molar-refractivity contribution in [3.8, 4) is 6.07 Å². The zero-order valence-corrected chi connectivity index (χ0v) is 13.2. The van der Waals surface area contributed by atoms with Crippen LogP contribution in [0.25, 0.3) is 0 Å². The standard InChI is InChI=1S/C15H17BrN2O2/c1-14(2,11-5-3-4-6-12(11)16)8-18-13(19)15(7-17)9-20-10-15/h3-6H,8-10H2,1-2H3,(H,18,19). The smallest absolute Gasteiger partial charge is 0.245 e. The highest BCUT2D eigenvalue weighted by atomic mass is 79.9. The number of benzene rings is 1. The number of carbonyl (C=O) groups is 1. The Morgan fingerprint density at radius 3 is 2.65 bits per heavy atom. The third kappa shape index (κ3) is 2.72. The number of amides is 1. The number of carbonyl (C=O) groups excluding carboxylic acids is 1. The lowest BCUT2D eigenvalue weighted by Gasteiger charge is -2.35. The molecule has 0 unspecified atom stereocenters. The molecule has 1 aliphatic rings. The minimum atomic E-state index is -0.996. The van der Waals surface area contributed by atoms with Crippen molar-refractivity contribution in [3.05, 3.63) is 34.3 Å². The summed E-state index contributed by atoms with van der Waals surface area (Å²) in [5.41, 5.74) is -0.0998. The first-order chi connectivity index (χ1) is 9.41. The van der Waals surface area contributed by atoms with Crippen molar-refractivity contribution in [2.75, 3.05) is 19.8 Å². The molecule has 1 aromatic rings. The van der Waals surface area contributed by atoms with E-state index in [0.717, 1.165) is 10.0 Å². The zero-order valence-electron chi connectivity index (χ0n) is 11.6. The molecule has 0 aromatic heterocycles. The molecule has 1 aliphatic heterocycles. The number of nitrogens with zero attached hydrogens (tertiary/aromatic N) is 1. The molecule has 0 spiro atoms. The van der Waals surface area contributed by atoms with Crippen molar-refractivity contribution < 1.29 is 9.53 Å². The largest absolute Gasteiger partial charge is 0.377 e. The molecular formula is C15H17BrN2O2. The Morgan fingerprint density at radius 2 is 2.15 bits per heavy atom. The van der Waals surface area contributed by atoms with Crippen LogP contribution >= 0.6 is 15.9 Å². The summed E-state index contributed by atoms with van der Waals surface area (Å²) in [6, 6.07) is 10.00. The maximum Gasteiger partial charge on any atom is 0.245 e. The molecule has 1 fully saturated rings. The molecule has 0 saturated carbocycles. The van der Waals surface area contributed by atoms with Crippen LogP contribution in [0.5, 0.6) is 0 Å². The highest BCUT2D eigenvalue weighted by Gasteiger charge is 2.46. The number of halogens is 1. The number of nitriles is 1. The Morgan fingerprint density at radius 1 is 1.50 bits per heavy atom. The Balaban J connectivity index is 2.05. The summed E-state index contributed by atoms with van der Waals surface area (Å²) in [6.07, 6.45) is 0. The van der Waals surface area contributed by atoms with Gasteiger partial charge in [-0.3, -0.25) is 4.79 Å². The first kappa shape index (κ1) is 15.0. The van der Waals surface area contributed by atoms with Crippen LogP contribution in [-0.4, -0.2) is 25.7 Å². The average molecular weight is 337 g/mol. The predicted molar refractivity (Wildman–Crippen MR) is 79.0 cm³/mol. The second kappa shape index (κ2) is 5.55. The van der Waals surface area contributed by atoms with Crippen LogP contribution in [0.2, 0.25) is 0 Å². The maximum absolute atomic E-state index is 12.1. The van der Waals surface area contributed by atoms with Crippen molar-refractivity contribution in [2.45, 2.75) is 19.3 Å². The summed E-state index contributed by atoms with van der Waals surface area (Å²) in [5, 5.41) is 12.0. The monoisotopic (exact) mass is 336 g/mol. The quantitative estimate of drug-likeness (QED) is 0.918. The first-order valence-electron chi connectivity index (χ1n) is 6.44. The van der Waals surface area contributed by atoms with Gasteiger partial charge in [0.15, 0.2) is 5.41 Å². The van der Waals surface area contributed by atoms with Gasteiger partial charge in [0, 0.05) is 16.4 Å². The summed E-state index contributed by atoms with van der Waals surface area (Å²) in [6.45, 7) is 4.96. The van der Waals surface area contributed by atoms with Gasteiger partial charge in [0.05, 0.1) is 19.3 Å². The molecular weight excluding hydrogens is 320 g/mol. The SMILES string of the molecule is CC(C)(CNC(=O)C1(C#N)COC1)c1ccccc1Br. The van der Waals surface area contributed by atoms with Crippen molar-refractivity contribution in [1.29, 1.82) is 5.26 Å². The van der Waals surface area contributed by atoms with Gasteiger partial charge in [-0.15, -0.1) is 0 Å². The second-order valence-electron chi connectivity index (χ2n) is 5.73. The molecule has 1 N–H and O–H groups in total. The minimum absolute atomic E-state index is 0.185. The van der Waals surface area contributed by atoms with E-state index in [0.29, 0.717) is 6.54 Å². The summed E-state index contributed by atoms with van der Waals surface area (Å²) < 4.78 is 6.01. The first-order valence-corrected chi connectivity index (χ1v) is 7.23. The zero-order chi connectivity index (χ0) is 14.8. The van der Waals surface area contributed by atoms with Gasteiger partial charge in [0.2, 0.25) is 5.91 Å². The molecule has 1 aromatic carbocycles. The van der Waals surface area contributed by atoms with Crippen molar-refractivity contribution in [2.24, 2.45) is 5.41 Å². The third-order valence-electron chi connectivity index (χ3n) is 3.64. The van der Waals surface area contributed by atoms with Crippen LogP contribution in [0.3, 0.4) is 0 Å². The number of ether oxygens (including phenoxy) is 1. The van der Waals surface area contributed by atoms with Gasteiger partial charge < -0.3 is 10.1 Å². The Kier molecular flexibility index (Phi) is 4.17. The van der Waals surface area contributed by atoms with Crippen LogP contribution in [0.1, 0.15) is 19.4 Å². The molecule has 1 amide bonds. The molecule has 5 heteroatoms. The fourth-order valence-corrected chi connectivity index (χ4v) is 2.95. The normalized spacial score (nSPS) is 16.9. The second-order valence-corrected chi connectivity index (χ2v) is 6.59. The van der Waals surface area contributed by atoms with E-state index in [1.165, 1.54) is 0 Å². The van der Waals surface area contributed by atoms with Gasteiger partial charge in [-0.1, -0.05) is 48.0 Å². The number of hydrogen-bond donors (Lipinski definition) is 1. The number of nitrogens with one attached hydrogen (secondary N) is 1. The van der Waals surface area contributed by atoms with Gasteiger partial charge in [-0.05, 0) is 11.6 Å². The van der Waals surface area contributed by atoms with Crippen LogP contribution in [0.15, 0.2) is 28.7 Å². The van der Waals surface area contributed by atoms with Crippen LogP contribution in [0, 0.1) is 16.7 Å². The third-order valence-corrected chi connectivity index (χ3v) is 4.33. The Bertz CT molecular complexity index is 559. The molecule has 1 saturated heterocycles. The molecule has 0 aliphatic carbocycles. The fraction of sp³-hybridized carbons (Fsp3) is 0.467. The predicted octanol–water partition coefficient (Wildman–Crippen LogP) is 2.38. The van der Waals surface area contributed by atoms with E-state index in [2.05, 4.69) is 41.2 Å². The molecule has 20 heavy (non-hydrogen) atoms. The molecule has 106 valence electrons. The Labute approximate surface area is 127 Å². The van der Waals surface area contributed by atoms with Gasteiger partial charge in [-0.2, -0.15) is 5.26 Å². The summed E-state index contributed by atoms with van der Waals surface area (Å²) >= 11 is 3.53.